The second-order valence-corrected chi connectivity index (χ2v) is 7.49. The van der Waals surface area contributed by atoms with Crippen molar-refractivity contribution in [3.8, 4) is 17.2 Å². The van der Waals surface area contributed by atoms with Crippen molar-refractivity contribution in [2.75, 3.05) is 13.7 Å². The Morgan fingerprint density at radius 2 is 1.92 bits per heavy atom. The average molecular weight is 394 g/mol. The third-order valence-electron chi connectivity index (χ3n) is 3.55. The van der Waals surface area contributed by atoms with Crippen LogP contribution in [0.5, 0.6) is 5.75 Å². The van der Waals surface area contributed by atoms with Crippen LogP contribution in [0.25, 0.3) is 11.5 Å². The lowest BCUT2D eigenvalue weighted by Gasteiger charge is -2.08. The Kier molecular flexibility index (Phi) is 5.55. The number of nitrogens with zero attached hydrogens (tertiary/aromatic N) is 2. The number of rotatable bonds is 7. The highest BCUT2D eigenvalue weighted by atomic mass is 35.5. The average Bonchev–Trinajstić information content (AvgIpc) is 3.11. The number of ether oxygens (including phenoxy) is 1. The monoisotopic (exact) mass is 393 g/mol. The van der Waals surface area contributed by atoms with Crippen molar-refractivity contribution in [1.29, 1.82) is 0 Å². The first-order valence-electron chi connectivity index (χ1n) is 7.70. The first-order chi connectivity index (χ1) is 12.5. The SMILES string of the molecule is COc1ccc(S(=O)(=O)NCCc2nnc(-c3ccccc3)o2)cc1Cl. The summed E-state index contributed by atoms with van der Waals surface area (Å²) in [5.74, 6) is 1.15. The molecule has 3 rings (SSSR count). The van der Waals surface area contributed by atoms with Gasteiger partial charge in [-0.2, -0.15) is 0 Å². The zero-order valence-electron chi connectivity index (χ0n) is 13.8. The van der Waals surface area contributed by atoms with Crippen molar-refractivity contribution in [3.63, 3.8) is 0 Å². The summed E-state index contributed by atoms with van der Waals surface area (Å²) in [6, 6.07) is 13.6. The minimum atomic E-state index is -3.70. The number of hydrogen-bond donors (Lipinski definition) is 1. The Morgan fingerprint density at radius 3 is 2.62 bits per heavy atom. The molecule has 1 N–H and O–H groups in total. The van der Waals surface area contributed by atoms with Gasteiger partial charge in [0.15, 0.2) is 0 Å². The van der Waals surface area contributed by atoms with E-state index >= 15 is 0 Å². The molecular weight excluding hydrogens is 378 g/mol. The Bertz CT molecular complexity index is 990. The van der Waals surface area contributed by atoms with Gasteiger partial charge in [-0.3, -0.25) is 0 Å². The van der Waals surface area contributed by atoms with Crippen molar-refractivity contribution in [2.24, 2.45) is 0 Å². The van der Waals surface area contributed by atoms with Crippen LogP contribution in [0.3, 0.4) is 0 Å². The van der Waals surface area contributed by atoms with Gasteiger partial charge in [-0.1, -0.05) is 29.8 Å². The summed E-state index contributed by atoms with van der Waals surface area (Å²) in [6.07, 6.45) is 0.267. The fourth-order valence-corrected chi connectivity index (χ4v) is 3.62. The van der Waals surface area contributed by atoms with Gasteiger partial charge >= 0.3 is 0 Å². The first-order valence-corrected chi connectivity index (χ1v) is 9.57. The van der Waals surface area contributed by atoms with Crippen LogP contribution in [-0.2, 0) is 16.4 Å². The maximum Gasteiger partial charge on any atom is 0.247 e. The zero-order chi connectivity index (χ0) is 18.6. The summed E-state index contributed by atoms with van der Waals surface area (Å²) in [7, 11) is -2.24. The highest BCUT2D eigenvalue weighted by Gasteiger charge is 2.16. The smallest absolute Gasteiger partial charge is 0.247 e. The van der Waals surface area contributed by atoms with E-state index in [4.69, 9.17) is 20.8 Å². The van der Waals surface area contributed by atoms with E-state index in [1.807, 2.05) is 30.3 Å². The van der Waals surface area contributed by atoms with Gasteiger partial charge in [0.1, 0.15) is 5.75 Å². The Hall–Kier alpha value is -2.42. The Morgan fingerprint density at radius 1 is 1.15 bits per heavy atom. The largest absolute Gasteiger partial charge is 0.495 e. The standard InChI is InChI=1S/C17H16ClN3O4S/c1-24-15-8-7-13(11-14(15)18)26(22,23)19-10-9-16-20-21-17(25-16)12-5-3-2-4-6-12/h2-8,11,19H,9-10H2,1H3. The fourth-order valence-electron chi connectivity index (χ4n) is 2.24. The van der Waals surface area contributed by atoms with Gasteiger partial charge in [0.05, 0.1) is 17.0 Å². The van der Waals surface area contributed by atoms with Crippen LogP contribution in [0, 0.1) is 0 Å². The molecule has 9 heteroatoms. The number of halogens is 1. The summed E-state index contributed by atoms with van der Waals surface area (Å²) in [6.45, 7) is 0.113. The summed E-state index contributed by atoms with van der Waals surface area (Å²) in [5, 5.41) is 8.12. The number of sulfonamides is 1. The van der Waals surface area contributed by atoms with Gasteiger partial charge in [-0.05, 0) is 30.3 Å². The molecule has 0 amide bonds. The molecule has 0 bridgehead atoms. The second-order valence-electron chi connectivity index (χ2n) is 5.31. The van der Waals surface area contributed by atoms with Crippen LogP contribution in [0.2, 0.25) is 5.02 Å². The number of methoxy groups -OCH3 is 1. The molecule has 0 fully saturated rings. The van der Waals surface area contributed by atoms with Crippen LogP contribution in [0.1, 0.15) is 5.89 Å². The lowest BCUT2D eigenvalue weighted by molar-refractivity contribution is 0.414. The molecule has 7 nitrogen and oxygen atoms in total. The van der Waals surface area contributed by atoms with Crippen LogP contribution < -0.4 is 9.46 Å². The van der Waals surface area contributed by atoms with Gasteiger partial charge < -0.3 is 9.15 Å². The van der Waals surface area contributed by atoms with E-state index in [1.54, 1.807) is 0 Å². The van der Waals surface area contributed by atoms with E-state index in [1.165, 1.54) is 25.3 Å². The molecule has 0 saturated carbocycles. The predicted molar refractivity (Wildman–Crippen MR) is 96.6 cm³/mol. The van der Waals surface area contributed by atoms with Crippen molar-refractivity contribution < 1.29 is 17.6 Å². The molecule has 0 radical (unpaired) electrons. The molecule has 2 aromatic carbocycles. The number of nitrogens with one attached hydrogen (secondary N) is 1. The van der Waals surface area contributed by atoms with E-state index in [9.17, 15) is 8.42 Å². The summed E-state index contributed by atoms with van der Waals surface area (Å²) in [5.41, 5.74) is 0.805. The van der Waals surface area contributed by atoms with Gasteiger partial charge in [-0.15, -0.1) is 10.2 Å². The second kappa shape index (κ2) is 7.86. The van der Waals surface area contributed by atoms with Crippen LogP contribution >= 0.6 is 11.6 Å². The van der Waals surface area contributed by atoms with E-state index in [0.29, 0.717) is 17.5 Å². The minimum Gasteiger partial charge on any atom is -0.495 e. The van der Waals surface area contributed by atoms with Gasteiger partial charge in [-0.25, -0.2) is 13.1 Å². The molecule has 0 saturated heterocycles. The molecule has 0 spiro atoms. The third kappa shape index (κ3) is 4.21. The molecule has 0 atom stereocenters. The zero-order valence-corrected chi connectivity index (χ0v) is 15.4. The van der Waals surface area contributed by atoms with Gasteiger partial charge in [0.25, 0.3) is 0 Å². The first kappa shape index (κ1) is 18.4. The van der Waals surface area contributed by atoms with E-state index in [2.05, 4.69) is 14.9 Å². The van der Waals surface area contributed by atoms with Crippen LogP contribution in [0.4, 0.5) is 0 Å². The summed E-state index contributed by atoms with van der Waals surface area (Å²) < 4.78 is 37.7. The maximum atomic E-state index is 12.3. The lowest BCUT2D eigenvalue weighted by Crippen LogP contribution is -2.26. The highest BCUT2D eigenvalue weighted by molar-refractivity contribution is 7.89. The van der Waals surface area contributed by atoms with Gasteiger partial charge in [0.2, 0.25) is 21.8 Å². The van der Waals surface area contributed by atoms with E-state index in [-0.39, 0.29) is 22.9 Å². The molecule has 3 aromatic rings. The molecule has 1 heterocycles. The van der Waals surface area contributed by atoms with Crippen molar-refractivity contribution in [3.05, 3.63) is 59.4 Å². The quantitative estimate of drug-likeness (QED) is 0.663. The third-order valence-corrected chi connectivity index (χ3v) is 5.31. The fraction of sp³-hybridized carbons (Fsp3) is 0.176. The van der Waals surface area contributed by atoms with Crippen LogP contribution in [0.15, 0.2) is 57.8 Å². The van der Waals surface area contributed by atoms with Gasteiger partial charge in [0, 0.05) is 18.5 Å². The summed E-state index contributed by atoms with van der Waals surface area (Å²) >= 11 is 5.98. The molecule has 0 aliphatic carbocycles. The number of aromatic nitrogens is 2. The predicted octanol–water partition coefficient (Wildman–Crippen LogP) is 2.92. The molecule has 1 aromatic heterocycles. The Balaban J connectivity index is 1.62. The van der Waals surface area contributed by atoms with Crippen molar-refractivity contribution >= 4 is 21.6 Å². The minimum absolute atomic E-state index is 0.0544. The van der Waals surface area contributed by atoms with Crippen LogP contribution in [-0.4, -0.2) is 32.3 Å². The number of benzene rings is 2. The molecule has 26 heavy (non-hydrogen) atoms. The van der Waals surface area contributed by atoms with E-state index < -0.39 is 10.0 Å². The number of hydrogen-bond acceptors (Lipinski definition) is 6. The highest BCUT2D eigenvalue weighted by Crippen LogP contribution is 2.26. The maximum absolute atomic E-state index is 12.3. The molecule has 136 valence electrons. The molecule has 0 aliphatic rings. The summed E-state index contributed by atoms with van der Waals surface area (Å²) in [4.78, 5) is 0.0544. The molecule has 0 unspecified atom stereocenters. The normalized spacial score (nSPS) is 11.5. The van der Waals surface area contributed by atoms with Crippen molar-refractivity contribution in [2.45, 2.75) is 11.3 Å². The molecule has 0 aliphatic heterocycles. The molecular formula is C17H16ClN3O4S. The topological polar surface area (TPSA) is 94.3 Å². The van der Waals surface area contributed by atoms with Crippen molar-refractivity contribution in [1.82, 2.24) is 14.9 Å². The Labute approximate surface area is 156 Å². The lowest BCUT2D eigenvalue weighted by atomic mass is 10.2. The van der Waals surface area contributed by atoms with E-state index in [0.717, 1.165) is 5.56 Å².